The Balaban J connectivity index is 3.19. The number of primary amides is 1. The predicted molar refractivity (Wildman–Crippen MR) is 136 cm³/mol. The van der Waals surface area contributed by atoms with Crippen molar-refractivity contribution in [3.8, 4) is 5.75 Å². The molecule has 0 radical (unpaired) electrons. The van der Waals surface area contributed by atoms with E-state index < -0.39 is 59.7 Å². The monoisotopic (exact) mass is 521 g/mol. The van der Waals surface area contributed by atoms with E-state index in [1.807, 2.05) is 0 Å². The van der Waals surface area contributed by atoms with Gasteiger partial charge in [-0.1, -0.05) is 46.2 Å². The maximum Gasteiger partial charge on any atom is 0.326 e. The summed E-state index contributed by atoms with van der Waals surface area (Å²) in [5.41, 5.74) is 11.8. The minimum absolute atomic E-state index is 0.0114. The van der Waals surface area contributed by atoms with E-state index in [1.165, 1.54) is 12.1 Å². The summed E-state index contributed by atoms with van der Waals surface area (Å²) >= 11 is 0. The number of benzene rings is 1. The average molecular weight is 522 g/mol. The van der Waals surface area contributed by atoms with E-state index in [2.05, 4.69) is 16.0 Å². The molecule has 0 aliphatic carbocycles. The Morgan fingerprint density at radius 1 is 0.892 bits per heavy atom. The highest BCUT2D eigenvalue weighted by Gasteiger charge is 2.32. The van der Waals surface area contributed by atoms with E-state index in [1.54, 1.807) is 39.8 Å². The fourth-order valence-electron chi connectivity index (χ4n) is 3.41. The molecule has 0 heterocycles. The van der Waals surface area contributed by atoms with Gasteiger partial charge < -0.3 is 37.6 Å². The van der Waals surface area contributed by atoms with Crippen molar-refractivity contribution >= 4 is 29.6 Å². The summed E-state index contributed by atoms with van der Waals surface area (Å²) in [5, 5.41) is 26.6. The SMILES string of the molecule is CCC(C)C(NC(=O)C(CCC(N)=O)NC(=O)C(Cc1ccc(O)cc1)NC(=O)C(N)C(C)C)C(=O)O. The maximum absolute atomic E-state index is 13.3. The Bertz CT molecular complexity index is 951. The first kappa shape index (κ1) is 31.4. The summed E-state index contributed by atoms with van der Waals surface area (Å²) in [6.45, 7) is 6.94. The fraction of sp³-hybridized carbons (Fsp3) is 0.560. The van der Waals surface area contributed by atoms with Crippen LogP contribution in [0.3, 0.4) is 0 Å². The molecule has 37 heavy (non-hydrogen) atoms. The molecule has 9 N–H and O–H groups in total. The molecular formula is C25H39N5O7. The Labute approximate surface area is 216 Å². The standard InChI is InChI=1S/C25H39N5O7/c1-5-14(4)21(25(36)37)30-22(33)17(10-11-19(26)32)28-23(34)18(29-24(35)20(27)13(2)3)12-15-6-8-16(31)9-7-15/h6-9,13-14,17-18,20-21,31H,5,10-12,27H2,1-4H3,(H2,26,32)(H,28,34)(H,29,35)(H,30,33)(H,36,37). The van der Waals surface area contributed by atoms with Crippen LogP contribution in [0.25, 0.3) is 0 Å². The lowest BCUT2D eigenvalue weighted by Gasteiger charge is -2.27. The molecule has 0 saturated heterocycles. The summed E-state index contributed by atoms with van der Waals surface area (Å²) in [6, 6.07) is 1.46. The third-order valence-corrected chi connectivity index (χ3v) is 6.12. The van der Waals surface area contributed by atoms with Gasteiger partial charge in [0.2, 0.25) is 23.6 Å². The molecule has 5 unspecified atom stereocenters. The Kier molecular flexibility index (Phi) is 12.5. The van der Waals surface area contributed by atoms with Gasteiger partial charge in [-0.3, -0.25) is 19.2 Å². The first-order valence-electron chi connectivity index (χ1n) is 12.2. The van der Waals surface area contributed by atoms with Crippen molar-refractivity contribution in [3.63, 3.8) is 0 Å². The summed E-state index contributed by atoms with van der Waals surface area (Å²) < 4.78 is 0. The molecule has 0 aromatic heterocycles. The number of nitrogens with two attached hydrogens (primary N) is 2. The lowest BCUT2D eigenvalue weighted by atomic mass is 9.98. The highest BCUT2D eigenvalue weighted by atomic mass is 16.4. The zero-order valence-corrected chi connectivity index (χ0v) is 21.7. The molecule has 1 rings (SSSR count). The number of hydrogen-bond donors (Lipinski definition) is 7. The first-order valence-corrected chi connectivity index (χ1v) is 12.2. The minimum atomic E-state index is -1.29. The van der Waals surface area contributed by atoms with Crippen molar-refractivity contribution in [1.29, 1.82) is 0 Å². The third kappa shape index (κ3) is 10.5. The summed E-state index contributed by atoms with van der Waals surface area (Å²) in [4.78, 5) is 62.0. The van der Waals surface area contributed by atoms with E-state index >= 15 is 0 Å². The van der Waals surface area contributed by atoms with Crippen LogP contribution in [0.5, 0.6) is 5.75 Å². The maximum atomic E-state index is 13.3. The van der Waals surface area contributed by atoms with E-state index in [0.717, 1.165) is 0 Å². The molecule has 0 bridgehead atoms. The van der Waals surface area contributed by atoms with Gasteiger partial charge in [-0.2, -0.15) is 0 Å². The fourth-order valence-corrected chi connectivity index (χ4v) is 3.41. The van der Waals surface area contributed by atoms with Crippen LogP contribution in [0.2, 0.25) is 0 Å². The average Bonchev–Trinajstić information content (AvgIpc) is 2.84. The molecule has 1 aromatic carbocycles. The zero-order chi connectivity index (χ0) is 28.3. The lowest BCUT2D eigenvalue weighted by molar-refractivity contribution is -0.144. The Hall–Kier alpha value is -3.67. The quantitative estimate of drug-likeness (QED) is 0.163. The first-order chi connectivity index (χ1) is 17.3. The molecule has 206 valence electrons. The van der Waals surface area contributed by atoms with E-state index in [-0.39, 0.29) is 30.9 Å². The van der Waals surface area contributed by atoms with Gasteiger partial charge >= 0.3 is 5.97 Å². The second-order valence-corrected chi connectivity index (χ2v) is 9.48. The molecule has 0 aliphatic rings. The van der Waals surface area contributed by atoms with Crippen LogP contribution in [0.4, 0.5) is 0 Å². The second kappa shape index (κ2) is 14.8. The lowest BCUT2D eigenvalue weighted by Crippen LogP contribution is -2.58. The Morgan fingerprint density at radius 3 is 1.92 bits per heavy atom. The third-order valence-electron chi connectivity index (χ3n) is 6.12. The predicted octanol–water partition coefficient (Wildman–Crippen LogP) is -0.231. The van der Waals surface area contributed by atoms with Gasteiger partial charge in [-0.25, -0.2) is 4.79 Å². The molecule has 5 atom stereocenters. The van der Waals surface area contributed by atoms with E-state index in [9.17, 15) is 34.2 Å². The van der Waals surface area contributed by atoms with Crippen LogP contribution in [0, 0.1) is 11.8 Å². The normalized spacial score (nSPS) is 15.1. The van der Waals surface area contributed by atoms with E-state index in [4.69, 9.17) is 11.5 Å². The largest absolute Gasteiger partial charge is 0.508 e. The van der Waals surface area contributed by atoms with Gasteiger partial charge in [0.05, 0.1) is 6.04 Å². The van der Waals surface area contributed by atoms with Crippen LogP contribution in [0.1, 0.15) is 52.5 Å². The molecule has 0 spiro atoms. The molecule has 0 saturated carbocycles. The molecule has 12 nitrogen and oxygen atoms in total. The minimum Gasteiger partial charge on any atom is -0.508 e. The van der Waals surface area contributed by atoms with Crippen LogP contribution in [-0.4, -0.2) is 64.0 Å². The highest BCUT2D eigenvalue weighted by molar-refractivity contribution is 5.94. The number of hydrogen-bond acceptors (Lipinski definition) is 7. The summed E-state index contributed by atoms with van der Waals surface area (Å²) in [5.74, 6) is -4.63. The number of phenolic OH excluding ortho intramolecular Hbond substituents is 1. The van der Waals surface area contributed by atoms with Crippen molar-refractivity contribution < 1.29 is 34.2 Å². The number of carbonyl (C=O) groups excluding carboxylic acids is 4. The van der Waals surface area contributed by atoms with Crippen LogP contribution in [-0.2, 0) is 30.4 Å². The second-order valence-electron chi connectivity index (χ2n) is 9.48. The number of rotatable bonds is 15. The topological polar surface area (TPSA) is 214 Å². The Morgan fingerprint density at radius 2 is 1.43 bits per heavy atom. The van der Waals surface area contributed by atoms with Crippen molar-refractivity contribution in [3.05, 3.63) is 29.8 Å². The van der Waals surface area contributed by atoms with Crippen molar-refractivity contribution in [2.45, 2.75) is 77.5 Å². The van der Waals surface area contributed by atoms with Crippen molar-refractivity contribution in [1.82, 2.24) is 16.0 Å². The van der Waals surface area contributed by atoms with E-state index in [0.29, 0.717) is 12.0 Å². The van der Waals surface area contributed by atoms with Crippen molar-refractivity contribution in [2.75, 3.05) is 0 Å². The van der Waals surface area contributed by atoms with Crippen LogP contribution in [0.15, 0.2) is 24.3 Å². The van der Waals surface area contributed by atoms with Crippen LogP contribution >= 0.6 is 0 Å². The number of carboxylic acid groups (broad SMARTS) is 1. The zero-order valence-electron chi connectivity index (χ0n) is 21.7. The molecule has 12 heteroatoms. The number of aromatic hydroxyl groups is 1. The molecule has 1 aromatic rings. The summed E-state index contributed by atoms with van der Waals surface area (Å²) in [6.07, 6.45) is 0.0711. The number of carbonyl (C=O) groups is 5. The number of nitrogens with one attached hydrogen (secondary N) is 3. The highest BCUT2D eigenvalue weighted by Crippen LogP contribution is 2.13. The van der Waals surface area contributed by atoms with Gasteiger partial charge in [-0.05, 0) is 36.0 Å². The van der Waals surface area contributed by atoms with Gasteiger partial charge in [0, 0.05) is 12.8 Å². The van der Waals surface area contributed by atoms with Gasteiger partial charge in [-0.15, -0.1) is 0 Å². The molecule has 4 amide bonds. The molecular weight excluding hydrogens is 482 g/mol. The van der Waals surface area contributed by atoms with Gasteiger partial charge in [0.15, 0.2) is 0 Å². The number of phenols is 1. The summed E-state index contributed by atoms with van der Waals surface area (Å²) in [7, 11) is 0. The van der Waals surface area contributed by atoms with Gasteiger partial charge in [0.25, 0.3) is 0 Å². The number of amides is 4. The van der Waals surface area contributed by atoms with Crippen LogP contribution < -0.4 is 27.4 Å². The van der Waals surface area contributed by atoms with Crippen molar-refractivity contribution in [2.24, 2.45) is 23.3 Å². The molecule has 0 aliphatic heterocycles. The number of aliphatic carboxylic acids is 1. The van der Waals surface area contributed by atoms with Gasteiger partial charge in [0.1, 0.15) is 23.9 Å². The molecule has 0 fully saturated rings. The smallest absolute Gasteiger partial charge is 0.326 e. The number of carboxylic acids is 1.